The standard InChI is InChI=1S/C16H14ClF2NO2/c1-20(9-10-22-12-7-5-11(17)6-8-12)16(21)15-13(18)3-2-4-14(15)19/h2-8H,9-10H2,1H3. The number of halogens is 3. The molecular formula is C16H14ClF2NO2. The van der Waals surface area contributed by atoms with Gasteiger partial charge in [-0.15, -0.1) is 0 Å². The van der Waals surface area contributed by atoms with Crippen LogP contribution >= 0.6 is 11.6 Å². The molecule has 0 unspecified atom stereocenters. The van der Waals surface area contributed by atoms with Crippen molar-refractivity contribution in [2.45, 2.75) is 0 Å². The van der Waals surface area contributed by atoms with Gasteiger partial charge in [-0.25, -0.2) is 8.78 Å². The van der Waals surface area contributed by atoms with Crippen molar-refractivity contribution in [3.8, 4) is 5.75 Å². The monoisotopic (exact) mass is 325 g/mol. The fourth-order valence-electron chi connectivity index (χ4n) is 1.83. The van der Waals surface area contributed by atoms with Crippen molar-refractivity contribution in [2.75, 3.05) is 20.2 Å². The first-order chi connectivity index (χ1) is 10.5. The third kappa shape index (κ3) is 3.95. The van der Waals surface area contributed by atoms with E-state index in [1.807, 2.05) is 0 Å². The zero-order chi connectivity index (χ0) is 16.1. The molecule has 0 heterocycles. The molecule has 116 valence electrons. The maximum absolute atomic E-state index is 13.6. The fraction of sp³-hybridized carbons (Fsp3) is 0.188. The van der Waals surface area contributed by atoms with E-state index in [2.05, 4.69) is 0 Å². The van der Waals surface area contributed by atoms with Crippen LogP contribution in [0.5, 0.6) is 5.75 Å². The molecule has 0 spiro atoms. The Balaban J connectivity index is 1.93. The number of hydrogen-bond acceptors (Lipinski definition) is 2. The van der Waals surface area contributed by atoms with E-state index in [1.165, 1.54) is 18.0 Å². The molecule has 0 bridgehead atoms. The number of amides is 1. The van der Waals surface area contributed by atoms with Crippen LogP contribution in [0, 0.1) is 11.6 Å². The van der Waals surface area contributed by atoms with Crippen molar-refractivity contribution >= 4 is 17.5 Å². The molecule has 22 heavy (non-hydrogen) atoms. The van der Waals surface area contributed by atoms with E-state index in [-0.39, 0.29) is 13.2 Å². The maximum atomic E-state index is 13.6. The molecule has 0 atom stereocenters. The molecule has 2 rings (SSSR count). The average Bonchev–Trinajstić information content (AvgIpc) is 2.49. The molecule has 0 aliphatic carbocycles. The quantitative estimate of drug-likeness (QED) is 0.837. The van der Waals surface area contributed by atoms with Crippen LogP contribution in [-0.4, -0.2) is 31.0 Å². The van der Waals surface area contributed by atoms with Crippen LogP contribution in [0.2, 0.25) is 5.02 Å². The van der Waals surface area contributed by atoms with E-state index in [0.717, 1.165) is 12.1 Å². The van der Waals surface area contributed by atoms with E-state index in [4.69, 9.17) is 16.3 Å². The summed E-state index contributed by atoms with van der Waals surface area (Å²) in [6.07, 6.45) is 0. The number of hydrogen-bond donors (Lipinski definition) is 0. The summed E-state index contributed by atoms with van der Waals surface area (Å²) < 4.78 is 32.5. The van der Waals surface area contributed by atoms with Gasteiger partial charge in [0.05, 0.1) is 6.54 Å². The molecule has 0 saturated heterocycles. The Morgan fingerprint density at radius 1 is 1.14 bits per heavy atom. The molecule has 1 amide bonds. The predicted molar refractivity (Wildman–Crippen MR) is 80.3 cm³/mol. The SMILES string of the molecule is CN(CCOc1ccc(Cl)cc1)C(=O)c1c(F)cccc1F. The minimum Gasteiger partial charge on any atom is -0.492 e. The van der Waals surface area contributed by atoms with Crippen molar-refractivity contribution in [1.82, 2.24) is 4.90 Å². The van der Waals surface area contributed by atoms with Crippen LogP contribution in [0.15, 0.2) is 42.5 Å². The molecule has 0 radical (unpaired) electrons. The van der Waals surface area contributed by atoms with Crippen molar-refractivity contribution in [3.63, 3.8) is 0 Å². The first-order valence-electron chi connectivity index (χ1n) is 6.57. The third-order valence-electron chi connectivity index (χ3n) is 3.03. The molecule has 0 aliphatic heterocycles. The first-order valence-corrected chi connectivity index (χ1v) is 6.94. The lowest BCUT2D eigenvalue weighted by atomic mass is 10.1. The summed E-state index contributed by atoms with van der Waals surface area (Å²) in [6.45, 7) is 0.384. The van der Waals surface area contributed by atoms with E-state index < -0.39 is 23.1 Å². The van der Waals surface area contributed by atoms with E-state index in [9.17, 15) is 13.6 Å². The lowest BCUT2D eigenvalue weighted by Gasteiger charge is -2.18. The first kappa shape index (κ1) is 16.2. The highest BCUT2D eigenvalue weighted by atomic mass is 35.5. The second-order valence-electron chi connectivity index (χ2n) is 4.63. The van der Waals surface area contributed by atoms with Gasteiger partial charge in [0.25, 0.3) is 5.91 Å². The summed E-state index contributed by atoms with van der Waals surface area (Å²) in [5.41, 5.74) is -0.559. The zero-order valence-corrected chi connectivity index (χ0v) is 12.6. The Kier molecular flexibility index (Phi) is 5.33. The Morgan fingerprint density at radius 3 is 2.32 bits per heavy atom. The van der Waals surface area contributed by atoms with Crippen molar-refractivity contribution < 1.29 is 18.3 Å². The molecule has 0 saturated carbocycles. The van der Waals surface area contributed by atoms with E-state index in [1.54, 1.807) is 24.3 Å². The van der Waals surface area contributed by atoms with Crippen LogP contribution in [0.3, 0.4) is 0 Å². The average molecular weight is 326 g/mol. The van der Waals surface area contributed by atoms with Gasteiger partial charge in [0, 0.05) is 12.1 Å². The van der Waals surface area contributed by atoms with Crippen LogP contribution in [-0.2, 0) is 0 Å². The van der Waals surface area contributed by atoms with Gasteiger partial charge in [0.1, 0.15) is 29.6 Å². The maximum Gasteiger partial charge on any atom is 0.259 e. The highest BCUT2D eigenvalue weighted by Crippen LogP contribution is 2.16. The number of carbonyl (C=O) groups excluding carboxylic acids is 1. The Hall–Kier alpha value is -2.14. The van der Waals surface area contributed by atoms with Crippen LogP contribution in [0.1, 0.15) is 10.4 Å². The highest BCUT2D eigenvalue weighted by molar-refractivity contribution is 6.30. The van der Waals surface area contributed by atoms with Gasteiger partial charge < -0.3 is 9.64 Å². The molecule has 0 N–H and O–H groups in total. The van der Waals surface area contributed by atoms with Gasteiger partial charge in [-0.1, -0.05) is 17.7 Å². The number of likely N-dealkylation sites (N-methyl/N-ethyl adjacent to an activating group) is 1. The lowest BCUT2D eigenvalue weighted by molar-refractivity contribution is 0.0764. The van der Waals surface area contributed by atoms with Gasteiger partial charge in [-0.3, -0.25) is 4.79 Å². The molecule has 0 aromatic heterocycles. The third-order valence-corrected chi connectivity index (χ3v) is 3.28. The van der Waals surface area contributed by atoms with Crippen molar-refractivity contribution in [2.24, 2.45) is 0 Å². The molecule has 0 fully saturated rings. The summed E-state index contributed by atoms with van der Waals surface area (Å²) in [4.78, 5) is 13.3. The molecular weight excluding hydrogens is 312 g/mol. The smallest absolute Gasteiger partial charge is 0.259 e. The zero-order valence-electron chi connectivity index (χ0n) is 11.9. The van der Waals surface area contributed by atoms with Crippen molar-refractivity contribution in [1.29, 1.82) is 0 Å². The topological polar surface area (TPSA) is 29.5 Å². The molecule has 0 aliphatic rings. The predicted octanol–water partition coefficient (Wildman–Crippen LogP) is 3.77. The minimum atomic E-state index is -0.879. The van der Waals surface area contributed by atoms with Gasteiger partial charge in [-0.05, 0) is 36.4 Å². The van der Waals surface area contributed by atoms with Crippen molar-refractivity contribution in [3.05, 3.63) is 64.7 Å². The number of carbonyl (C=O) groups is 1. The summed E-state index contributed by atoms with van der Waals surface area (Å²) in [6, 6.07) is 10.1. The summed E-state index contributed by atoms with van der Waals surface area (Å²) in [7, 11) is 1.46. The van der Waals surface area contributed by atoms with Gasteiger partial charge in [-0.2, -0.15) is 0 Å². The summed E-state index contributed by atoms with van der Waals surface area (Å²) in [5.74, 6) is -1.89. The second kappa shape index (κ2) is 7.22. The molecule has 2 aromatic carbocycles. The number of ether oxygens (including phenoxy) is 1. The Bertz CT molecular complexity index is 641. The fourth-order valence-corrected chi connectivity index (χ4v) is 1.95. The van der Waals surface area contributed by atoms with Crippen LogP contribution < -0.4 is 4.74 Å². The second-order valence-corrected chi connectivity index (χ2v) is 5.06. The van der Waals surface area contributed by atoms with Crippen LogP contribution in [0.4, 0.5) is 8.78 Å². The molecule has 6 heteroatoms. The summed E-state index contributed by atoms with van der Waals surface area (Å²) >= 11 is 5.76. The Labute approximate surface area is 132 Å². The lowest BCUT2D eigenvalue weighted by Crippen LogP contribution is -2.32. The molecule has 2 aromatic rings. The molecule has 3 nitrogen and oxygen atoms in total. The van der Waals surface area contributed by atoms with Crippen LogP contribution in [0.25, 0.3) is 0 Å². The minimum absolute atomic E-state index is 0.190. The van der Waals surface area contributed by atoms with E-state index >= 15 is 0 Å². The number of benzene rings is 2. The van der Waals surface area contributed by atoms with E-state index in [0.29, 0.717) is 10.8 Å². The number of rotatable bonds is 5. The van der Waals surface area contributed by atoms with Gasteiger partial charge in [0.2, 0.25) is 0 Å². The Morgan fingerprint density at radius 2 is 1.73 bits per heavy atom. The highest BCUT2D eigenvalue weighted by Gasteiger charge is 2.20. The largest absolute Gasteiger partial charge is 0.492 e. The number of nitrogens with zero attached hydrogens (tertiary/aromatic N) is 1. The summed E-state index contributed by atoms with van der Waals surface area (Å²) in [5, 5.41) is 0.592. The van der Waals surface area contributed by atoms with Gasteiger partial charge >= 0.3 is 0 Å². The van der Waals surface area contributed by atoms with Gasteiger partial charge in [0.15, 0.2) is 0 Å². The normalized spacial score (nSPS) is 10.4.